The Morgan fingerprint density at radius 3 is 2.59 bits per heavy atom. The number of methoxy groups -OCH3 is 2. The Balaban J connectivity index is 1.35. The van der Waals surface area contributed by atoms with Gasteiger partial charge in [-0.1, -0.05) is 11.3 Å². The molecule has 1 unspecified atom stereocenters. The second-order valence-corrected chi connectivity index (χ2v) is 8.88. The maximum Gasteiger partial charge on any atom is 0.281 e. The number of nitrogens with zero attached hydrogens (tertiary/aromatic N) is 3. The molecule has 3 heterocycles. The number of carbonyl (C=O) groups excluding carboxylic acids is 3. The summed E-state index contributed by atoms with van der Waals surface area (Å²) in [4.78, 5) is 46.4. The van der Waals surface area contributed by atoms with Crippen molar-refractivity contribution in [1.82, 2.24) is 15.8 Å². The van der Waals surface area contributed by atoms with Crippen LogP contribution in [0, 0.1) is 12.8 Å². The molecule has 2 aliphatic heterocycles. The Hall–Kier alpha value is -3.38. The molecule has 182 valence electrons. The Morgan fingerprint density at radius 2 is 1.88 bits per heavy atom. The summed E-state index contributed by atoms with van der Waals surface area (Å²) in [5.74, 6) is -0.627. The molecule has 34 heavy (non-hydrogen) atoms. The van der Waals surface area contributed by atoms with E-state index < -0.39 is 17.7 Å². The lowest BCUT2D eigenvalue weighted by Gasteiger charge is -2.25. The van der Waals surface area contributed by atoms with Crippen LogP contribution in [-0.2, 0) is 14.3 Å². The van der Waals surface area contributed by atoms with Gasteiger partial charge in [0.15, 0.2) is 16.6 Å². The number of hydrazine groups is 1. The zero-order valence-corrected chi connectivity index (χ0v) is 20.1. The maximum atomic E-state index is 12.7. The first-order valence-corrected chi connectivity index (χ1v) is 11.7. The normalized spacial score (nSPS) is 18.1. The predicted octanol–water partition coefficient (Wildman–Crippen LogP) is 1.12. The van der Waals surface area contributed by atoms with Crippen molar-refractivity contribution in [3.8, 4) is 11.5 Å². The van der Waals surface area contributed by atoms with Gasteiger partial charge in [0.2, 0.25) is 11.8 Å². The number of aromatic nitrogens is 1. The van der Waals surface area contributed by atoms with E-state index in [-0.39, 0.29) is 18.9 Å². The number of anilines is 2. The van der Waals surface area contributed by atoms with E-state index in [0.29, 0.717) is 41.0 Å². The molecule has 12 heteroatoms. The molecular formula is C22H27N5O6S. The highest BCUT2D eigenvalue weighted by atomic mass is 32.1. The maximum absolute atomic E-state index is 12.7. The second-order valence-electron chi connectivity index (χ2n) is 7.90. The summed E-state index contributed by atoms with van der Waals surface area (Å²) in [5.41, 5.74) is 6.11. The van der Waals surface area contributed by atoms with Gasteiger partial charge in [-0.2, -0.15) is 0 Å². The third-order valence-electron chi connectivity index (χ3n) is 5.75. The summed E-state index contributed by atoms with van der Waals surface area (Å²) >= 11 is 1.27. The average molecular weight is 490 g/mol. The Morgan fingerprint density at radius 1 is 1.15 bits per heavy atom. The lowest BCUT2D eigenvalue weighted by Crippen LogP contribution is -2.45. The van der Waals surface area contributed by atoms with Crippen LogP contribution in [0.1, 0.15) is 21.8 Å². The molecule has 2 N–H and O–H groups in total. The van der Waals surface area contributed by atoms with Crippen LogP contribution >= 0.6 is 11.3 Å². The molecule has 2 aliphatic rings. The Kier molecular flexibility index (Phi) is 7.17. The summed E-state index contributed by atoms with van der Waals surface area (Å²) in [5, 5.41) is 0.754. The number of nitrogens with one attached hydrogen (secondary N) is 2. The van der Waals surface area contributed by atoms with Crippen LogP contribution in [0.25, 0.3) is 0 Å². The lowest BCUT2D eigenvalue weighted by atomic mass is 10.1. The van der Waals surface area contributed by atoms with Gasteiger partial charge in [0.1, 0.15) is 4.88 Å². The van der Waals surface area contributed by atoms with E-state index in [1.165, 1.54) is 30.5 Å². The van der Waals surface area contributed by atoms with Crippen molar-refractivity contribution < 1.29 is 28.6 Å². The van der Waals surface area contributed by atoms with Crippen molar-refractivity contribution in [3.05, 3.63) is 28.8 Å². The van der Waals surface area contributed by atoms with Gasteiger partial charge in [0, 0.05) is 37.8 Å². The Labute approximate surface area is 200 Å². The highest BCUT2D eigenvalue weighted by Gasteiger charge is 2.36. The van der Waals surface area contributed by atoms with Gasteiger partial charge in [0.25, 0.3) is 5.91 Å². The zero-order chi connectivity index (χ0) is 24.2. The molecule has 0 bridgehead atoms. The summed E-state index contributed by atoms with van der Waals surface area (Å²) in [6.45, 7) is 4.63. The number of rotatable bonds is 6. The minimum Gasteiger partial charge on any atom is -0.493 e. The molecule has 0 radical (unpaired) electrons. The van der Waals surface area contributed by atoms with Gasteiger partial charge in [-0.3, -0.25) is 25.2 Å². The molecule has 3 amide bonds. The number of hydrogen-bond donors (Lipinski definition) is 2. The molecule has 2 saturated heterocycles. The van der Waals surface area contributed by atoms with Crippen molar-refractivity contribution in [3.63, 3.8) is 0 Å². The fourth-order valence-electron chi connectivity index (χ4n) is 3.89. The first-order chi connectivity index (χ1) is 16.4. The third kappa shape index (κ3) is 4.92. The number of carbonyl (C=O) groups is 3. The minimum absolute atomic E-state index is 0.0385. The Bertz CT molecular complexity index is 1080. The van der Waals surface area contributed by atoms with Crippen LogP contribution in [0.2, 0.25) is 0 Å². The van der Waals surface area contributed by atoms with Crippen LogP contribution < -0.4 is 30.1 Å². The summed E-state index contributed by atoms with van der Waals surface area (Å²) in [7, 11) is 3.05. The zero-order valence-electron chi connectivity index (χ0n) is 19.3. The number of morpholine rings is 1. The molecular weight excluding hydrogens is 462 g/mol. The summed E-state index contributed by atoms with van der Waals surface area (Å²) in [6, 6.07) is 5.13. The highest BCUT2D eigenvalue weighted by molar-refractivity contribution is 7.17. The molecule has 1 aromatic heterocycles. The van der Waals surface area contributed by atoms with Gasteiger partial charge in [-0.15, -0.1) is 0 Å². The van der Waals surface area contributed by atoms with Crippen LogP contribution in [0.4, 0.5) is 10.8 Å². The molecule has 2 aromatic rings. The monoisotopic (exact) mass is 489 g/mol. The van der Waals surface area contributed by atoms with Crippen LogP contribution in [0.3, 0.4) is 0 Å². The van der Waals surface area contributed by atoms with E-state index in [4.69, 9.17) is 14.2 Å². The number of ether oxygens (including phenoxy) is 3. The smallest absolute Gasteiger partial charge is 0.281 e. The summed E-state index contributed by atoms with van der Waals surface area (Å²) < 4.78 is 15.9. The van der Waals surface area contributed by atoms with Crippen LogP contribution in [-0.4, -0.2) is 69.8 Å². The number of amides is 3. The van der Waals surface area contributed by atoms with Gasteiger partial charge in [-0.25, -0.2) is 4.98 Å². The highest BCUT2D eigenvalue weighted by Crippen LogP contribution is 2.34. The summed E-state index contributed by atoms with van der Waals surface area (Å²) in [6.07, 6.45) is 0.0385. The topological polar surface area (TPSA) is 122 Å². The number of thiazole rings is 1. The van der Waals surface area contributed by atoms with Gasteiger partial charge < -0.3 is 24.0 Å². The van der Waals surface area contributed by atoms with Gasteiger partial charge in [-0.05, 0) is 19.1 Å². The van der Waals surface area contributed by atoms with Crippen LogP contribution in [0.5, 0.6) is 11.5 Å². The SMILES string of the molecule is COc1ccc(N2CC(C(=O)NNC(=O)c3sc(N4CCOCC4)nc3C)CC2=O)cc1OC. The molecule has 1 atom stereocenters. The standard InChI is InChI=1S/C22H27N5O6S/c1-13-19(34-22(23-13)26-6-8-33-9-7-26)21(30)25-24-20(29)14-10-18(28)27(12-14)15-4-5-16(31-2)17(11-15)32-3/h4-5,11,14H,6-10,12H2,1-3H3,(H,24,29)(H,25,30). The van der Waals surface area contributed by atoms with Gasteiger partial charge in [0.05, 0.1) is 39.0 Å². The van der Waals surface area contributed by atoms with Crippen molar-refractivity contribution in [2.45, 2.75) is 13.3 Å². The number of aryl methyl sites for hydroxylation is 1. The van der Waals surface area contributed by atoms with E-state index in [1.54, 1.807) is 25.1 Å². The van der Waals surface area contributed by atoms with Crippen molar-refractivity contribution in [2.24, 2.45) is 5.92 Å². The molecule has 4 rings (SSSR count). The molecule has 0 aliphatic carbocycles. The lowest BCUT2D eigenvalue weighted by molar-refractivity contribution is -0.126. The van der Waals surface area contributed by atoms with E-state index in [9.17, 15) is 14.4 Å². The molecule has 2 fully saturated rings. The van der Waals surface area contributed by atoms with Crippen molar-refractivity contribution in [2.75, 3.05) is 56.9 Å². The molecule has 0 saturated carbocycles. The van der Waals surface area contributed by atoms with Crippen molar-refractivity contribution in [1.29, 1.82) is 0 Å². The predicted molar refractivity (Wildman–Crippen MR) is 125 cm³/mol. The minimum atomic E-state index is -0.604. The van der Waals surface area contributed by atoms with Crippen LogP contribution in [0.15, 0.2) is 18.2 Å². The van der Waals surface area contributed by atoms with E-state index in [2.05, 4.69) is 20.7 Å². The number of hydrogen-bond acceptors (Lipinski definition) is 9. The largest absolute Gasteiger partial charge is 0.493 e. The van der Waals surface area contributed by atoms with E-state index >= 15 is 0 Å². The average Bonchev–Trinajstić information content (AvgIpc) is 3.45. The quantitative estimate of drug-likeness (QED) is 0.579. The van der Waals surface area contributed by atoms with E-state index in [1.807, 2.05) is 0 Å². The second kappa shape index (κ2) is 10.3. The molecule has 1 aromatic carbocycles. The third-order valence-corrected chi connectivity index (χ3v) is 6.96. The van der Waals surface area contributed by atoms with Crippen molar-refractivity contribution >= 4 is 39.9 Å². The van der Waals surface area contributed by atoms with E-state index in [0.717, 1.165) is 18.2 Å². The molecule has 11 nitrogen and oxygen atoms in total. The fourth-order valence-corrected chi connectivity index (χ4v) is 4.90. The first kappa shape index (κ1) is 23.8. The number of benzene rings is 1. The first-order valence-electron chi connectivity index (χ1n) is 10.8. The van der Waals surface area contributed by atoms with Gasteiger partial charge >= 0.3 is 0 Å². The fraction of sp³-hybridized carbons (Fsp3) is 0.455. The molecule has 0 spiro atoms.